The molecule has 0 saturated carbocycles. The number of aromatic nitrogens is 4. The zero-order valence-electron chi connectivity index (χ0n) is 13.7. The molecule has 0 unspecified atom stereocenters. The molecule has 4 rings (SSSR count). The van der Waals surface area contributed by atoms with Crippen molar-refractivity contribution in [2.45, 2.75) is 52.4 Å². The number of nitrogens with zero attached hydrogens (tertiary/aromatic N) is 6. The SMILES string of the molecule is Cc1nc(CN2CCCn3c(CN4CCCC4)nnc3C2)cs1. The Kier molecular flexibility index (Phi) is 4.41. The van der Waals surface area contributed by atoms with Gasteiger partial charge >= 0.3 is 0 Å². The summed E-state index contributed by atoms with van der Waals surface area (Å²) < 4.78 is 2.35. The molecule has 124 valence electrons. The number of likely N-dealkylation sites (tertiary alicyclic amines) is 1. The lowest BCUT2D eigenvalue weighted by Gasteiger charge is -2.17. The molecule has 6 nitrogen and oxygen atoms in total. The zero-order chi connectivity index (χ0) is 15.6. The maximum Gasteiger partial charge on any atom is 0.147 e. The van der Waals surface area contributed by atoms with Crippen molar-refractivity contribution >= 4 is 11.3 Å². The molecule has 23 heavy (non-hydrogen) atoms. The fourth-order valence-electron chi connectivity index (χ4n) is 3.58. The number of fused-ring (bicyclic) bond motifs is 1. The van der Waals surface area contributed by atoms with Crippen LogP contribution in [-0.2, 0) is 26.2 Å². The van der Waals surface area contributed by atoms with Gasteiger partial charge in [0.1, 0.15) is 11.6 Å². The maximum absolute atomic E-state index is 4.59. The van der Waals surface area contributed by atoms with Gasteiger partial charge in [0.15, 0.2) is 0 Å². The molecule has 0 atom stereocenters. The van der Waals surface area contributed by atoms with Crippen molar-refractivity contribution < 1.29 is 0 Å². The summed E-state index contributed by atoms with van der Waals surface area (Å²) in [5.74, 6) is 2.26. The normalized spacial score (nSPS) is 19.9. The van der Waals surface area contributed by atoms with Gasteiger partial charge in [0.25, 0.3) is 0 Å². The van der Waals surface area contributed by atoms with E-state index < -0.39 is 0 Å². The van der Waals surface area contributed by atoms with Gasteiger partial charge in [-0.25, -0.2) is 4.98 Å². The van der Waals surface area contributed by atoms with E-state index in [0.29, 0.717) is 0 Å². The monoisotopic (exact) mass is 332 g/mol. The highest BCUT2D eigenvalue weighted by Gasteiger charge is 2.22. The number of rotatable bonds is 4. The van der Waals surface area contributed by atoms with Crippen LogP contribution in [0.15, 0.2) is 5.38 Å². The molecule has 2 aromatic heterocycles. The van der Waals surface area contributed by atoms with Crippen LogP contribution in [0.3, 0.4) is 0 Å². The third-order valence-corrected chi connectivity index (χ3v) is 5.56. The second kappa shape index (κ2) is 6.67. The van der Waals surface area contributed by atoms with Crippen molar-refractivity contribution in [1.29, 1.82) is 0 Å². The van der Waals surface area contributed by atoms with Crippen molar-refractivity contribution in [2.24, 2.45) is 0 Å². The van der Waals surface area contributed by atoms with Crippen molar-refractivity contribution in [2.75, 3.05) is 19.6 Å². The molecule has 1 saturated heterocycles. The number of thiazole rings is 1. The van der Waals surface area contributed by atoms with Gasteiger partial charge in [-0.2, -0.15) is 0 Å². The van der Waals surface area contributed by atoms with E-state index in [4.69, 9.17) is 0 Å². The highest BCUT2D eigenvalue weighted by Crippen LogP contribution is 2.18. The summed E-state index contributed by atoms with van der Waals surface area (Å²) in [6.45, 7) is 9.37. The van der Waals surface area contributed by atoms with Crippen molar-refractivity contribution in [1.82, 2.24) is 29.5 Å². The largest absolute Gasteiger partial charge is 0.313 e. The lowest BCUT2D eigenvalue weighted by Crippen LogP contribution is -2.23. The molecule has 0 spiro atoms. The van der Waals surface area contributed by atoms with Gasteiger partial charge in [-0.3, -0.25) is 9.80 Å². The Balaban J connectivity index is 1.45. The fourth-order valence-corrected chi connectivity index (χ4v) is 4.19. The summed E-state index contributed by atoms with van der Waals surface area (Å²) in [7, 11) is 0. The summed E-state index contributed by atoms with van der Waals surface area (Å²) in [5, 5.41) is 12.3. The first-order valence-corrected chi connectivity index (χ1v) is 9.42. The summed E-state index contributed by atoms with van der Waals surface area (Å²) in [6.07, 6.45) is 3.80. The Morgan fingerprint density at radius 3 is 2.61 bits per heavy atom. The van der Waals surface area contributed by atoms with Gasteiger partial charge in [-0.15, -0.1) is 21.5 Å². The van der Waals surface area contributed by atoms with Crippen LogP contribution in [0.5, 0.6) is 0 Å². The molecule has 0 radical (unpaired) electrons. The molecule has 0 aliphatic carbocycles. The first-order chi connectivity index (χ1) is 11.3. The summed E-state index contributed by atoms with van der Waals surface area (Å²) >= 11 is 1.73. The predicted molar refractivity (Wildman–Crippen MR) is 90.1 cm³/mol. The van der Waals surface area contributed by atoms with Gasteiger partial charge in [0.05, 0.1) is 23.8 Å². The lowest BCUT2D eigenvalue weighted by molar-refractivity contribution is 0.255. The number of aryl methyl sites for hydroxylation is 1. The lowest BCUT2D eigenvalue weighted by atomic mass is 10.3. The van der Waals surface area contributed by atoms with Crippen LogP contribution < -0.4 is 0 Å². The smallest absolute Gasteiger partial charge is 0.147 e. The zero-order valence-corrected chi connectivity index (χ0v) is 14.6. The molecular weight excluding hydrogens is 308 g/mol. The minimum absolute atomic E-state index is 0.879. The van der Waals surface area contributed by atoms with Crippen LogP contribution in [0, 0.1) is 6.92 Å². The van der Waals surface area contributed by atoms with E-state index in [-0.39, 0.29) is 0 Å². The minimum Gasteiger partial charge on any atom is -0.313 e. The van der Waals surface area contributed by atoms with Crippen molar-refractivity contribution in [3.8, 4) is 0 Å². The van der Waals surface area contributed by atoms with E-state index in [1.165, 1.54) is 31.6 Å². The van der Waals surface area contributed by atoms with Crippen molar-refractivity contribution in [3.05, 3.63) is 27.7 Å². The highest BCUT2D eigenvalue weighted by atomic mass is 32.1. The molecule has 0 amide bonds. The van der Waals surface area contributed by atoms with Gasteiger partial charge < -0.3 is 4.57 Å². The van der Waals surface area contributed by atoms with Crippen LogP contribution in [-0.4, -0.2) is 49.2 Å². The third-order valence-electron chi connectivity index (χ3n) is 4.74. The average Bonchev–Trinajstić information content (AvgIpc) is 3.23. The highest BCUT2D eigenvalue weighted by molar-refractivity contribution is 7.09. The number of hydrogen-bond donors (Lipinski definition) is 0. The molecule has 2 aliphatic heterocycles. The first-order valence-electron chi connectivity index (χ1n) is 8.54. The minimum atomic E-state index is 0.879. The molecule has 0 bridgehead atoms. The van der Waals surface area contributed by atoms with E-state index in [2.05, 4.69) is 41.9 Å². The summed E-state index contributed by atoms with van der Waals surface area (Å²) in [4.78, 5) is 9.54. The Labute approximate surface area is 141 Å². The maximum atomic E-state index is 4.59. The quantitative estimate of drug-likeness (QED) is 0.858. The van der Waals surface area contributed by atoms with Crippen LogP contribution in [0.2, 0.25) is 0 Å². The van der Waals surface area contributed by atoms with Crippen LogP contribution >= 0.6 is 11.3 Å². The third kappa shape index (κ3) is 3.46. The predicted octanol–water partition coefficient (Wildman–Crippen LogP) is 2.04. The van der Waals surface area contributed by atoms with Crippen LogP contribution in [0.4, 0.5) is 0 Å². The van der Waals surface area contributed by atoms with Crippen LogP contribution in [0.25, 0.3) is 0 Å². The second-order valence-corrected chi connectivity index (χ2v) is 7.65. The Morgan fingerprint density at radius 2 is 1.83 bits per heavy atom. The van der Waals surface area contributed by atoms with Crippen molar-refractivity contribution in [3.63, 3.8) is 0 Å². The molecule has 7 heteroatoms. The average molecular weight is 332 g/mol. The van der Waals surface area contributed by atoms with E-state index in [0.717, 1.165) is 55.8 Å². The first kappa shape index (κ1) is 15.2. The molecule has 2 aliphatic rings. The molecule has 0 aromatic carbocycles. The van der Waals surface area contributed by atoms with E-state index in [1.54, 1.807) is 11.3 Å². The van der Waals surface area contributed by atoms with E-state index in [1.807, 2.05) is 0 Å². The Hall–Kier alpha value is -1.31. The molecule has 0 N–H and O–H groups in total. The molecule has 1 fully saturated rings. The van der Waals surface area contributed by atoms with Gasteiger partial charge in [0.2, 0.25) is 0 Å². The van der Waals surface area contributed by atoms with Gasteiger partial charge in [-0.1, -0.05) is 0 Å². The standard InChI is InChI=1S/C16H24N6S/c1-13-17-14(12-23-13)9-21-7-4-8-22-15(18-19-16(22)11-21)10-20-5-2-3-6-20/h12H,2-11H2,1H3. The fraction of sp³-hybridized carbons (Fsp3) is 0.688. The molecule has 2 aromatic rings. The van der Waals surface area contributed by atoms with Gasteiger partial charge in [0, 0.05) is 25.0 Å². The Morgan fingerprint density at radius 1 is 1.00 bits per heavy atom. The summed E-state index contributed by atoms with van der Waals surface area (Å²) in [5.41, 5.74) is 1.18. The van der Waals surface area contributed by atoms with Gasteiger partial charge in [-0.05, 0) is 39.3 Å². The van der Waals surface area contributed by atoms with Crippen LogP contribution in [0.1, 0.15) is 41.6 Å². The molecule has 4 heterocycles. The van der Waals surface area contributed by atoms with E-state index >= 15 is 0 Å². The van der Waals surface area contributed by atoms with E-state index in [9.17, 15) is 0 Å². The second-order valence-electron chi connectivity index (χ2n) is 6.59. The summed E-state index contributed by atoms with van der Waals surface area (Å²) in [6, 6.07) is 0. The molecular formula is C16H24N6S. The topological polar surface area (TPSA) is 50.1 Å². The Bertz CT molecular complexity index is 657. The number of hydrogen-bond acceptors (Lipinski definition) is 6.